The number of aryl methyl sites for hydroxylation is 2. The maximum atomic E-state index is 9.28. The van der Waals surface area contributed by atoms with E-state index in [0.717, 1.165) is 18.6 Å². The van der Waals surface area contributed by atoms with Crippen LogP contribution in [0, 0.1) is 6.92 Å². The zero-order valence-electron chi connectivity index (χ0n) is 12.2. The Hall–Kier alpha value is -1.80. The van der Waals surface area contributed by atoms with E-state index in [4.69, 9.17) is 4.74 Å². The quantitative estimate of drug-likeness (QED) is 0.863. The molecule has 0 amide bonds. The Bertz CT molecular complexity index is 529. The van der Waals surface area contributed by atoms with E-state index in [1.165, 1.54) is 16.7 Å². The fourth-order valence-corrected chi connectivity index (χ4v) is 2.10. The van der Waals surface area contributed by atoms with Gasteiger partial charge in [-0.25, -0.2) is 0 Å². The van der Waals surface area contributed by atoms with E-state index in [-0.39, 0.29) is 6.10 Å². The fourth-order valence-electron chi connectivity index (χ4n) is 2.10. The van der Waals surface area contributed by atoms with Crippen LogP contribution >= 0.6 is 0 Å². The Kier molecular flexibility index (Phi) is 5.19. The van der Waals surface area contributed by atoms with E-state index < -0.39 is 0 Å². The van der Waals surface area contributed by atoms with Crippen molar-refractivity contribution in [2.24, 2.45) is 0 Å². The molecule has 0 fully saturated rings. The molecule has 2 nitrogen and oxygen atoms in total. The van der Waals surface area contributed by atoms with Crippen LogP contribution < -0.4 is 4.74 Å². The first-order valence-corrected chi connectivity index (χ1v) is 7.09. The van der Waals surface area contributed by atoms with Gasteiger partial charge in [0.15, 0.2) is 0 Å². The molecule has 0 bridgehead atoms. The second-order valence-corrected chi connectivity index (χ2v) is 5.31. The van der Waals surface area contributed by atoms with Crippen LogP contribution in [0.15, 0.2) is 48.5 Å². The van der Waals surface area contributed by atoms with Crippen molar-refractivity contribution in [3.05, 3.63) is 65.2 Å². The van der Waals surface area contributed by atoms with Crippen LogP contribution in [-0.2, 0) is 13.0 Å². The van der Waals surface area contributed by atoms with Gasteiger partial charge in [0, 0.05) is 0 Å². The molecule has 2 rings (SSSR count). The molecular formula is C18H22O2. The molecule has 0 aliphatic rings. The molecule has 2 heteroatoms. The van der Waals surface area contributed by atoms with Crippen molar-refractivity contribution < 1.29 is 9.84 Å². The molecule has 0 saturated heterocycles. The Labute approximate surface area is 121 Å². The summed E-state index contributed by atoms with van der Waals surface area (Å²) in [7, 11) is 0. The smallest absolute Gasteiger partial charge is 0.119 e. The first kappa shape index (κ1) is 14.6. The van der Waals surface area contributed by atoms with Gasteiger partial charge in [-0.15, -0.1) is 0 Å². The summed E-state index contributed by atoms with van der Waals surface area (Å²) in [5.41, 5.74) is 3.66. The fraction of sp³-hybridized carbons (Fsp3) is 0.333. The van der Waals surface area contributed by atoms with Crippen molar-refractivity contribution in [2.75, 3.05) is 0 Å². The molecule has 1 unspecified atom stereocenters. The summed E-state index contributed by atoms with van der Waals surface area (Å²) in [6.45, 7) is 4.49. The van der Waals surface area contributed by atoms with Crippen molar-refractivity contribution in [2.45, 2.75) is 39.4 Å². The summed E-state index contributed by atoms with van der Waals surface area (Å²) in [6, 6.07) is 16.5. The predicted octanol–water partition coefficient (Wildman–Crippen LogP) is 3.89. The number of benzene rings is 2. The highest BCUT2D eigenvalue weighted by atomic mass is 16.5. The zero-order chi connectivity index (χ0) is 14.4. The van der Waals surface area contributed by atoms with Crippen LogP contribution in [-0.4, -0.2) is 11.2 Å². The van der Waals surface area contributed by atoms with E-state index in [2.05, 4.69) is 37.3 Å². The zero-order valence-corrected chi connectivity index (χ0v) is 12.2. The van der Waals surface area contributed by atoms with Crippen molar-refractivity contribution in [1.82, 2.24) is 0 Å². The average molecular weight is 270 g/mol. The molecule has 0 heterocycles. The predicted molar refractivity (Wildman–Crippen MR) is 82.0 cm³/mol. The summed E-state index contributed by atoms with van der Waals surface area (Å²) in [6.07, 6.45) is 1.45. The lowest BCUT2D eigenvalue weighted by Crippen LogP contribution is -2.01. The van der Waals surface area contributed by atoms with Gasteiger partial charge in [0.2, 0.25) is 0 Å². The van der Waals surface area contributed by atoms with Crippen LogP contribution in [0.25, 0.3) is 0 Å². The van der Waals surface area contributed by atoms with Gasteiger partial charge < -0.3 is 9.84 Å². The normalized spacial score (nSPS) is 12.2. The van der Waals surface area contributed by atoms with E-state index in [1.807, 2.05) is 25.1 Å². The summed E-state index contributed by atoms with van der Waals surface area (Å²) in [5.74, 6) is 0.882. The van der Waals surface area contributed by atoms with Crippen LogP contribution in [0.1, 0.15) is 30.0 Å². The summed E-state index contributed by atoms with van der Waals surface area (Å²) < 4.78 is 5.78. The van der Waals surface area contributed by atoms with Gasteiger partial charge in [0.1, 0.15) is 12.4 Å². The number of ether oxygens (including phenoxy) is 1. The molecule has 0 radical (unpaired) electrons. The Morgan fingerprint density at radius 3 is 2.45 bits per heavy atom. The van der Waals surface area contributed by atoms with Crippen LogP contribution in [0.2, 0.25) is 0 Å². The first-order valence-electron chi connectivity index (χ1n) is 7.09. The molecule has 0 aliphatic carbocycles. The minimum absolute atomic E-state index is 0.243. The monoisotopic (exact) mass is 270 g/mol. The maximum Gasteiger partial charge on any atom is 0.119 e. The first-order chi connectivity index (χ1) is 9.63. The molecule has 0 saturated carbocycles. The van der Waals surface area contributed by atoms with Crippen LogP contribution in [0.5, 0.6) is 5.75 Å². The summed E-state index contributed by atoms with van der Waals surface area (Å²) in [5, 5.41) is 9.28. The van der Waals surface area contributed by atoms with Gasteiger partial charge in [0.05, 0.1) is 6.10 Å². The minimum Gasteiger partial charge on any atom is -0.489 e. The van der Waals surface area contributed by atoms with E-state index in [9.17, 15) is 5.11 Å². The topological polar surface area (TPSA) is 29.5 Å². The third kappa shape index (κ3) is 4.71. The summed E-state index contributed by atoms with van der Waals surface area (Å²) in [4.78, 5) is 0. The molecule has 1 N–H and O–H groups in total. The highest BCUT2D eigenvalue weighted by molar-refractivity contribution is 5.28. The highest BCUT2D eigenvalue weighted by Crippen LogP contribution is 2.16. The van der Waals surface area contributed by atoms with Gasteiger partial charge in [-0.3, -0.25) is 0 Å². The number of aliphatic hydroxyl groups excluding tert-OH is 1. The lowest BCUT2D eigenvalue weighted by molar-refractivity contribution is 0.185. The van der Waals surface area contributed by atoms with E-state index in [1.54, 1.807) is 0 Å². The van der Waals surface area contributed by atoms with Gasteiger partial charge >= 0.3 is 0 Å². The second-order valence-electron chi connectivity index (χ2n) is 5.31. The number of aliphatic hydroxyl groups is 1. The Morgan fingerprint density at radius 2 is 1.80 bits per heavy atom. The van der Waals surface area contributed by atoms with Crippen LogP contribution in [0.4, 0.5) is 0 Å². The molecule has 0 aromatic heterocycles. The van der Waals surface area contributed by atoms with E-state index >= 15 is 0 Å². The molecule has 20 heavy (non-hydrogen) atoms. The molecule has 2 aromatic rings. The Balaban J connectivity index is 1.87. The van der Waals surface area contributed by atoms with Gasteiger partial charge in [0.25, 0.3) is 0 Å². The Morgan fingerprint density at radius 1 is 1.05 bits per heavy atom. The van der Waals surface area contributed by atoms with Crippen molar-refractivity contribution in [3.63, 3.8) is 0 Å². The van der Waals surface area contributed by atoms with Gasteiger partial charge in [-0.1, -0.05) is 42.0 Å². The molecule has 106 valence electrons. The number of rotatable bonds is 6. The number of hydrogen-bond acceptors (Lipinski definition) is 2. The molecule has 2 aromatic carbocycles. The van der Waals surface area contributed by atoms with Crippen LogP contribution in [0.3, 0.4) is 0 Å². The molecule has 1 atom stereocenters. The lowest BCUT2D eigenvalue weighted by Gasteiger charge is -2.08. The second kappa shape index (κ2) is 7.11. The van der Waals surface area contributed by atoms with E-state index in [0.29, 0.717) is 6.61 Å². The maximum absolute atomic E-state index is 9.28. The SMILES string of the molecule is Cc1cccc(COc2ccc(CCC(C)O)cc2)c1. The van der Waals surface area contributed by atoms with Gasteiger partial charge in [-0.05, 0) is 49.9 Å². The van der Waals surface area contributed by atoms with Crippen molar-refractivity contribution in [3.8, 4) is 5.75 Å². The van der Waals surface area contributed by atoms with Crippen molar-refractivity contribution in [1.29, 1.82) is 0 Å². The third-order valence-corrected chi connectivity index (χ3v) is 3.26. The molecular weight excluding hydrogens is 248 g/mol. The number of hydrogen-bond donors (Lipinski definition) is 1. The molecule has 0 aliphatic heterocycles. The van der Waals surface area contributed by atoms with Crippen molar-refractivity contribution >= 4 is 0 Å². The summed E-state index contributed by atoms with van der Waals surface area (Å²) >= 11 is 0. The van der Waals surface area contributed by atoms with Gasteiger partial charge in [-0.2, -0.15) is 0 Å². The standard InChI is InChI=1S/C18H22O2/c1-14-4-3-5-17(12-14)13-20-18-10-8-16(9-11-18)7-6-15(2)19/h3-5,8-12,15,19H,6-7,13H2,1-2H3. The molecule has 0 spiro atoms. The minimum atomic E-state index is -0.243. The largest absolute Gasteiger partial charge is 0.489 e. The highest BCUT2D eigenvalue weighted by Gasteiger charge is 2.00. The lowest BCUT2D eigenvalue weighted by atomic mass is 10.1. The average Bonchev–Trinajstić information content (AvgIpc) is 2.44. The third-order valence-electron chi connectivity index (χ3n) is 3.26.